The summed E-state index contributed by atoms with van der Waals surface area (Å²) in [5.74, 6) is -0.704. The third-order valence-corrected chi connectivity index (χ3v) is 3.34. The predicted molar refractivity (Wildman–Crippen MR) is 68.1 cm³/mol. The Hall–Kier alpha value is -2.08. The summed E-state index contributed by atoms with van der Waals surface area (Å²) in [6.07, 6.45) is -0.355. The molecule has 20 heavy (non-hydrogen) atoms. The van der Waals surface area contributed by atoms with Gasteiger partial charge < -0.3 is 19.0 Å². The van der Waals surface area contributed by atoms with Crippen molar-refractivity contribution in [3.8, 4) is 11.5 Å². The Morgan fingerprint density at radius 2 is 2.20 bits per heavy atom. The van der Waals surface area contributed by atoms with E-state index in [0.29, 0.717) is 16.7 Å². The van der Waals surface area contributed by atoms with Crippen molar-refractivity contribution in [2.24, 2.45) is 5.41 Å². The average molecular weight is 278 g/mol. The van der Waals surface area contributed by atoms with E-state index in [4.69, 9.17) is 13.9 Å². The Kier molecular flexibility index (Phi) is 2.56. The summed E-state index contributed by atoms with van der Waals surface area (Å²) < 4.78 is 15.7. The van der Waals surface area contributed by atoms with Gasteiger partial charge in [0.15, 0.2) is 11.2 Å². The normalized spacial score (nSPS) is 15.7. The highest BCUT2D eigenvalue weighted by atomic mass is 16.6. The fraction of sp³-hybridized carbons (Fsp3) is 0.429. The van der Waals surface area contributed by atoms with Crippen molar-refractivity contribution in [3.05, 3.63) is 11.6 Å². The van der Waals surface area contributed by atoms with E-state index in [2.05, 4.69) is 0 Å². The van der Waals surface area contributed by atoms with Gasteiger partial charge in [0.05, 0.1) is 11.5 Å². The van der Waals surface area contributed by atoms with Gasteiger partial charge in [0.25, 0.3) is 0 Å². The van der Waals surface area contributed by atoms with Crippen LogP contribution in [0, 0.1) is 5.41 Å². The Morgan fingerprint density at radius 3 is 2.85 bits per heavy atom. The zero-order chi connectivity index (χ0) is 14.7. The maximum Gasteiger partial charge on any atom is 0.347 e. The zero-order valence-electron chi connectivity index (χ0n) is 11.4. The minimum absolute atomic E-state index is 0.137. The van der Waals surface area contributed by atoms with Crippen LogP contribution in [0.4, 0.5) is 0 Å². The first-order valence-electron chi connectivity index (χ1n) is 6.31. The molecule has 0 saturated heterocycles. The average Bonchev–Trinajstić information content (AvgIpc) is 2.91. The van der Waals surface area contributed by atoms with Crippen LogP contribution in [0.2, 0.25) is 0 Å². The summed E-state index contributed by atoms with van der Waals surface area (Å²) in [5, 5.41) is 9.41. The van der Waals surface area contributed by atoms with Crippen LogP contribution in [0.3, 0.4) is 0 Å². The van der Waals surface area contributed by atoms with Crippen LogP contribution in [0.15, 0.2) is 10.5 Å². The van der Waals surface area contributed by atoms with E-state index >= 15 is 0 Å². The quantitative estimate of drug-likeness (QED) is 0.681. The number of rotatable bonds is 4. The van der Waals surface area contributed by atoms with Crippen LogP contribution in [0.1, 0.15) is 37.6 Å². The van der Waals surface area contributed by atoms with Gasteiger partial charge in [-0.2, -0.15) is 0 Å². The van der Waals surface area contributed by atoms with Gasteiger partial charge in [0.2, 0.25) is 11.5 Å². The molecule has 1 N–H and O–H groups in total. The van der Waals surface area contributed by atoms with Crippen molar-refractivity contribution in [1.29, 1.82) is 0 Å². The van der Waals surface area contributed by atoms with E-state index in [1.54, 1.807) is 20.8 Å². The van der Waals surface area contributed by atoms with Crippen LogP contribution < -0.4 is 9.47 Å². The highest BCUT2D eigenvalue weighted by Crippen LogP contribution is 2.49. The van der Waals surface area contributed by atoms with Gasteiger partial charge in [-0.15, -0.1) is 0 Å². The number of ether oxygens (including phenoxy) is 2. The summed E-state index contributed by atoms with van der Waals surface area (Å²) in [7, 11) is 0. The molecule has 2 aromatic heterocycles. The first-order valence-corrected chi connectivity index (χ1v) is 6.31. The second-order valence-corrected chi connectivity index (χ2v) is 5.73. The van der Waals surface area contributed by atoms with Crippen molar-refractivity contribution >= 4 is 23.1 Å². The van der Waals surface area contributed by atoms with Gasteiger partial charge in [-0.05, 0) is 27.2 Å². The van der Waals surface area contributed by atoms with E-state index < -0.39 is 23.5 Å². The number of furan rings is 2. The molecule has 0 fully saturated rings. The van der Waals surface area contributed by atoms with Crippen LogP contribution >= 0.6 is 0 Å². The number of aliphatic hydroxyl groups is 1. The van der Waals surface area contributed by atoms with Crippen molar-refractivity contribution < 1.29 is 28.6 Å². The molecule has 0 radical (unpaired) electrons. The van der Waals surface area contributed by atoms with Crippen LogP contribution in [0.25, 0.3) is 11.2 Å². The molecule has 1 atom stereocenters. The molecule has 0 spiro atoms. The molecule has 1 aliphatic heterocycles. The lowest BCUT2D eigenvalue weighted by molar-refractivity contribution is -0.145. The lowest BCUT2D eigenvalue weighted by atomic mass is 9.87. The third-order valence-electron chi connectivity index (χ3n) is 3.34. The molecule has 1 aliphatic rings. The maximum absolute atomic E-state index is 12.2. The summed E-state index contributed by atoms with van der Waals surface area (Å²) in [6.45, 7) is 4.97. The highest BCUT2D eigenvalue weighted by molar-refractivity contribution is 6.10. The fourth-order valence-corrected chi connectivity index (χ4v) is 2.43. The second-order valence-electron chi connectivity index (χ2n) is 5.73. The standard InChI is InChI=1S/C14H14O6/c1-6(15)5-14(2,3)13(17)20-10-8-4-7-9(18-8)11(10)19-12(7)16/h4,6,15H,5H2,1-3H3. The van der Waals surface area contributed by atoms with Gasteiger partial charge >= 0.3 is 11.9 Å². The molecule has 6 heteroatoms. The topological polar surface area (TPSA) is 86.0 Å². The lowest BCUT2D eigenvalue weighted by Crippen LogP contribution is -2.32. The minimum Gasteiger partial charge on any atom is -0.448 e. The van der Waals surface area contributed by atoms with Crippen molar-refractivity contribution in [2.45, 2.75) is 33.3 Å². The second kappa shape index (κ2) is 3.96. The number of hydrogen-bond acceptors (Lipinski definition) is 6. The van der Waals surface area contributed by atoms with E-state index in [1.165, 1.54) is 6.07 Å². The molecule has 106 valence electrons. The van der Waals surface area contributed by atoms with Crippen LogP contribution in [-0.4, -0.2) is 23.1 Å². The van der Waals surface area contributed by atoms with E-state index in [9.17, 15) is 14.7 Å². The molecule has 0 saturated carbocycles. The maximum atomic E-state index is 12.2. The SMILES string of the molecule is CC(O)CC(C)(C)C(=O)Oc1c2c3oc1cc3C(=O)O2. The number of benzene rings is 1. The number of carbonyl (C=O) groups is 2. The molecule has 2 bridgehead atoms. The van der Waals surface area contributed by atoms with Gasteiger partial charge in [-0.3, -0.25) is 4.79 Å². The molecule has 3 heterocycles. The minimum atomic E-state index is -0.857. The first kappa shape index (κ1) is 12.9. The van der Waals surface area contributed by atoms with E-state index in [0.717, 1.165) is 0 Å². The first-order chi connectivity index (χ1) is 9.29. The number of carbonyl (C=O) groups excluding carboxylic acids is 2. The largest absolute Gasteiger partial charge is 0.448 e. The van der Waals surface area contributed by atoms with Crippen LogP contribution in [0.5, 0.6) is 11.5 Å². The number of aliphatic hydroxyl groups excluding tert-OH is 1. The smallest absolute Gasteiger partial charge is 0.347 e. The molecule has 3 rings (SSSR count). The molecule has 0 amide bonds. The van der Waals surface area contributed by atoms with Gasteiger partial charge in [-0.25, -0.2) is 4.79 Å². The van der Waals surface area contributed by atoms with Crippen molar-refractivity contribution in [2.75, 3.05) is 0 Å². The van der Waals surface area contributed by atoms with Gasteiger partial charge in [-0.1, -0.05) is 0 Å². The highest BCUT2D eigenvalue weighted by Gasteiger charge is 2.39. The zero-order valence-corrected chi connectivity index (χ0v) is 11.4. The Bertz CT molecular complexity index is 694. The van der Waals surface area contributed by atoms with Gasteiger partial charge in [0, 0.05) is 6.07 Å². The summed E-state index contributed by atoms with van der Waals surface area (Å²) in [6, 6.07) is 1.50. The van der Waals surface area contributed by atoms with Gasteiger partial charge in [0.1, 0.15) is 5.56 Å². The summed E-state index contributed by atoms with van der Waals surface area (Å²) in [4.78, 5) is 23.6. The van der Waals surface area contributed by atoms with E-state index in [1.807, 2.05) is 0 Å². The number of hydrogen-bond donors (Lipinski definition) is 1. The van der Waals surface area contributed by atoms with Crippen molar-refractivity contribution in [1.82, 2.24) is 0 Å². The lowest BCUT2D eigenvalue weighted by Gasteiger charge is -2.23. The fourth-order valence-electron chi connectivity index (χ4n) is 2.43. The Labute approximate surface area is 114 Å². The monoisotopic (exact) mass is 278 g/mol. The molecule has 0 aliphatic carbocycles. The molecule has 0 aromatic carbocycles. The Morgan fingerprint density at radius 1 is 1.50 bits per heavy atom. The van der Waals surface area contributed by atoms with E-state index in [-0.39, 0.29) is 17.9 Å². The van der Waals surface area contributed by atoms with Crippen molar-refractivity contribution in [3.63, 3.8) is 0 Å². The number of esters is 2. The summed E-state index contributed by atoms with van der Waals surface area (Å²) >= 11 is 0. The third kappa shape index (κ3) is 1.76. The molecular weight excluding hydrogens is 264 g/mol. The Balaban J connectivity index is 1.85. The predicted octanol–water partition coefficient (Wildman–Crippen LogP) is 2.11. The molecule has 1 unspecified atom stereocenters. The molecule has 2 aromatic rings. The molecular formula is C14H14O6. The molecule has 6 nitrogen and oxygen atoms in total. The van der Waals surface area contributed by atoms with Crippen LogP contribution in [-0.2, 0) is 4.79 Å². The number of fused-ring (bicyclic) bond motifs is 1. The summed E-state index contributed by atoms with van der Waals surface area (Å²) in [5.41, 5.74) is 0.139.